The fourth-order valence-electron chi connectivity index (χ4n) is 2.11. The maximum Gasteiger partial charge on any atom is 0.300 e. The molecular weight excluding hydrogens is 312 g/mol. The molecule has 9 heteroatoms. The average molecular weight is 325 g/mol. The minimum absolute atomic E-state index is 0.109. The normalized spacial score (nSPS) is 16.9. The first kappa shape index (κ1) is 14.7. The summed E-state index contributed by atoms with van der Waals surface area (Å²) in [6.45, 7) is 0.381. The summed E-state index contributed by atoms with van der Waals surface area (Å²) < 4.78 is 26.3. The molecule has 19 heavy (non-hydrogen) atoms. The molecule has 2 rings (SSSR count). The van der Waals surface area contributed by atoms with Gasteiger partial charge in [-0.25, -0.2) is 13.1 Å². The molecule has 1 saturated carbocycles. The standard InChI is InChI=1S/C10H13ClN2O4S2/c11-10-8(13(14)15)5-9(18-10)19(16,17)12-6-7-3-1-2-4-7/h5,7,12H,1-4,6H2. The zero-order valence-electron chi connectivity index (χ0n) is 9.96. The van der Waals surface area contributed by atoms with Crippen molar-refractivity contribution in [2.24, 2.45) is 5.92 Å². The molecule has 1 aromatic heterocycles. The topological polar surface area (TPSA) is 89.3 Å². The summed E-state index contributed by atoms with van der Waals surface area (Å²) in [5, 5.41) is 10.6. The predicted octanol–water partition coefficient (Wildman–Crippen LogP) is 2.78. The summed E-state index contributed by atoms with van der Waals surface area (Å²) in [7, 11) is -3.70. The Morgan fingerprint density at radius 2 is 2.11 bits per heavy atom. The van der Waals surface area contributed by atoms with Crippen molar-refractivity contribution in [3.63, 3.8) is 0 Å². The molecule has 1 N–H and O–H groups in total. The molecule has 106 valence electrons. The van der Waals surface area contributed by atoms with Gasteiger partial charge in [-0.15, -0.1) is 11.3 Å². The summed E-state index contributed by atoms with van der Waals surface area (Å²) >= 11 is 6.36. The molecule has 0 aromatic carbocycles. The van der Waals surface area contributed by atoms with Crippen LogP contribution >= 0.6 is 22.9 Å². The third kappa shape index (κ3) is 3.44. The van der Waals surface area contributed by atoms with E-state index in [4.69, 9.17) is 11.6 Å². The van der Waals surface area contributed by atoms with E-state index in [1.807, 2.05) is 0 Å². The number of halogens is 1. The van der Waals surface area contributed by atoms with E-state index in [0.29, 0.717) is 23.8 Å². The Kier molecular flexibility index (Phi) is 4.44. The van der Waals surface area contributed by atoms with E-state index < -0.39 is 14.9 Å². The monoisotopic (exact) mass is 324 g/mol. The second-order valence-electron chi connectivity index (χ2n) is 4.48. The molecule has 0 unspecified atom stereocenters. The first-order chi connectivity index (χ1) is 8.90. The predicted molar refractivity (Wildman–Crippen MR) is 73.1 cm³/mol. The first-order valence-corrected chi connectivity index (χ1v) is 8.51. The van der Waals surface area contributed by atoms with Gasteiger partial charge in [-0.1, -0.05) is 24.4 Å². The van der Waals surface area contributed by atoms with Crippen LogP contribution in [0.5, 0.6) is 0 Å². The molecule has 0 atom stereocenters. The lowest BCUT2D eigenvalue weighted by Crippen LogP contribution is -2.27. The van der Waals surface area contributed by atoms with Crippen molar-refractivity contribution in [3.8, 4) is 0 Å². The van der Waals surface area contributed by atoms with Gasteiger partial charge in [0.15, 0.2) is 4.34 Å². The molecule has 6 nitrogen and oxygen atoms in total. The van der Waals surface area contributed by atoms with Gasteiger partial charge in [-0.3, -0.25) is 10.1 Å². The maximum atomic E-state index is 12.0. The Labute approximate surface area is 120 Å². The molecule has 1 aliphatic carbocycles. The Bertz CT molecular complexity index is 578. The van der Waals surface area contributed by atoms with Crippen LogP contribution in [0, 0.1) is 16.0 Å². The molecule has 1 heterocycles. The van der Waals surface area contributed by atoms with Gasteiger partial charge in [0, 0.05) is 12.6 Å². The summed E-state index contributed by atoms with van der Waals surface area (Å²) in [5.74, 6) is 0.361. The van der Waals surface area contributed by atoms with Crippen LogP contribution in [-0.2, 0) is 10.0 Å². The zero-order chi connectivity index (χ0) is 14.0. The third-order valence-electron chi connectivity index (χ3n) is 3.14. The lowest BCUT2D eigenvalue weighted by atomic mass is 10.1. The Morgan fingerprint density at radius 1 is 1.47 bits per heavy atom. The number of hydrogen-bond acceptors (Lipinski definition) is 5. The highest BCUT2D eigenvalue weighted by molar-refractivity contribution is 7.91. The molecule has 1 fully saturated rings. The van der Waals surface area contributed by atoms with E-state index in [2.05, 4.69) is 4.72 Å². The van der Waals surface area contributed by atoms with Crippen molar-refractivity contribution >= 4 is 38.6 Å². The largest absolute Gasteiger partial charge is 0.300 e. The van der Waals surface area contributed by atoms with E-state index in [1.54, 1.807) is 0 Å². The van der Waals surface area contributed by atoms with Crippen molar-refractivity contribution < 1.29 is 13.3 Å². The van der Waals surface area contributed by atoms with Crippen LogP contribution in [0.2, 0.25) is 4.34 Å². The SMILES string of the molecule is O=[N+]([O-])c1cc(S(=O)(=O)NCC2CCCC2)sc1Cl. The van der Waals surface area contributed by atoms with Crippen molar-refractivity contribution in [2.45, 2.75) is 29.9 Å². The van der Waals surface area contributed by atoms with E-state index >= 15 is 0 Å². The van der Waals surface area contributed by atoms with Crippen molar-refractivity contribution in [3.05, 3.63) is 20.5 Å². The van der Waals surface area contributed by atoms with Crippen LogP contribution in [0.3, 0.4) is 0 Å². The number of nitrogens with zero attached hydrogens (tertiary/aromatic N) is 1. The molecule has 0 radical (unpaired) electrons. The lowest BCUT2D eigenvalue weighted by Gasteiger charge is -2.09. The van der Waals surface area contributed by atoms with Crippen LogP contribution in [0.1, 0.15) is 25.7 Å². The van der Waals surface area contributed by atoms with Gasteiger partial charge in [-0.2, -0.15) is 0 Å². The Morgan fingerprint density at radius 3 is 2.63 bits per heavy atom. The quantitative estimate of drug-likeness (QED) is 0.666. The van der Waals surface area contributed by atoms with E-state index in [0.717, 1.165) is 31.7 Å². The number of nitrogens with one attached hydrogen (secondary N) is 1. The van der Waals surface area contributed by atoms with Gasteiger partial charge in [0.05, 0.1) is 4.92 Å². The summed E-state index contributed by atoms with van der Waals surface area (Å²) in [4.78, 5) is 9.96. The molecule has 0 bridgehead atoms. The summed E-state index contributed by atoms with van der Waals surface area (Å²) in [5.41, 5.74) is -0.368. The molecule has 0 spiro atoms. The van der Waals surface area contributed by atoms with Gasteiger partial charge in [0.2, 0.25) is 10.0 Å². The molecule has 1 aromatic rings. The van der Waals surface area contributed by atoms with Crippen molar-refractivity contribution in [1.82, 2.24) is 4.72 Å². The number of thiophene rings is 1. The number of rotatable bonds is 5. The van der Waals surface area contributed by atoms with Crippen LogP contribution in [0.15, 0.2) is 10.3 Å². The number of sulfonamides is 1. The third-order valence-corrected chi connectivity index (χ3v) is 6.38. The molecule has 0 saturated heterocycles. The number of nitro groups is 1. The minimum atomic E-state index is -3.70. The molecule has 0 aliphatic heterocycles. The van der Waals surface area contributed by atoms with E-state index in [-0.39, 0.29) is 14.2 Å². The smallest absolute Gasteiger partial charge is 0.258 e. The van der Waals surface area contributed by atoms with Crippen LogP contribution < -0.4 is 4.72 Å². The summed E-state index contributed by atoms with van der Waals surface area (Å²) in [6, 6.07) is 1.00. The van der Waals surface area contributed by atoms with Crippen molar-refractivity contribution in [1.29, 1.82) is 0 Å². The average Bonchev–Trinajstić information content (AvgIpc) is 2.95. The maximum absolute atomic E-state index is 12.0. The van der Waals surface area contributed by atoms with E-state index in [1.165, 1.54) is 0 Å². The van der Waals surface area contributed by atoms with Gasteiger partial charge in [0.1, 0.15) is 4.21 Å². The van der Waals surface area contributed by atoms with Crippen LogP contribution in [0.4, 0.5) is 5.69 Å². The first-order valence-electron chi connectivity index (χ1n) is 5.83. The van der Waals surface area contributed by atoms with E-state index in [9.17, 15) is 18.5 Å². The van der Waals surface area contributed by atoms with Gasteiger partial charge >= 0.3 is 0 Å². The molecule has 1 aliphatic rings. The number of hydrogen-bond donors (Lipinski definition) is 1. The Balaban J connectivity index is 2.10. The minimum Gasteiger partial charge on any atom is -0.258 e. The van der Waals surface area contributed by atoms with Gasteiger partial charge in [-0.05, 0) is 18.8 Å². The fraction of sp³-hybridized carbons (Fsp3) is 0.600. The van der Waals surface area contributed by atoms with Crippen LogP contribution in [0.25, 0.3) is 0 Å². The molecule has 0 amide bonds. The van der Waals surface area contributed by atoms with Crippen LogP contribution in [-0.4, -0.2) is 19.9 Å². The molecular formula is C10H13ClN2O4S2. The summed E-state index contributed by atoms with van der Waals surface area (Å²) in [6.07, 6.45) is 4.30. The van der Waals surface area contributed by atoms with Gasteiger partial charge in [0.25, 0.3) is 5.69 Å². The Hall–Kier alpha value is -0.700. The lowest BCUT2D eigenvalue weighted by molar-refractivity contribution is -0.384. The fourth-order valence-corrected chi connectivity index (χ4v) is 4.93. The highest BCUT2D eigenvalue weighted by atomic mass is 35.5. The highest BCUT2D eigenvalue weighted by Gasteiger charge is 2.26. The second kappa shape index (κ2) is 5.74. The highest BCUT2D eigenvalue weighted by Crippen LogP contribution is 2.36. The zero-order valence-corrected chi connectivity index (χ0v) is 12.4. The van der Waals surface area contributed by atoms with Crippen molar-refractivity contribution in [2.75, 3.05) is 6.54 Å². The van der Waals surface area contributed by atoms with Gasteiger partial charge < -0.3 is 0 Å². The second-order valence-corrected chi connectivity index (χ2v) is 8.13.